The van der Waals surface area contributed by atoms with Gasteiger partial charge in [0.1, 0.15) is 11.5 Å². The SMILES string of the molecule is COc1ccc(OC)c(C(C)NC(C)c2cccnc2)c1. The summed E-state index contributed by atoms with van der Waals surface area (Å²) in [5.41, 5.74) is 2.24. The van der Waals surface area contributed by atoms with Gasteiger partial charge in [-0.2, -0.15) is 0 Å². The fraction of sp³-hybridized carbons (Fsp3) is 0.353. The molecule has 0 bridgehead atoms. The third-order valence-corrected chi connectivity index (χ3v) is 3.59. The van der Waals surface area contributed by atoms with Crippen molar-refractivity contribution in [3.05, 3.63) is 53.9 Å². The minimum absolute atomic E-state index is 0.130. The summed E-state index contributed by atoms with van der Waals surface area (Å²) in [4.78, 5) is 4.16. The molecule has 2 unspecified atom stereocenters. The Labute approximate surface area is 126 Å². The molecule has 0 spiro atoms. The van der Waals surface area contributed by atoms with E-state index in [-0.39, 0.29) is 12.1 Å². The lowest BCUT2D eigenvalue weighted by atomic mass is 10.0. The van der Waals surface area contributed by atoms with Crippen molar-refractivity contribution in [1.82, 2.24) is 10.3 Å². The van der Waals surface area contributed by atoms with Crippen LogP contribution < -0.4 is 14.8 Å². The van der Waals surface area contributed by atoms with Crippen molar-refractivity contribution in [2.75, 3.05) is 14.2 Å². The monoisotopic (exact) mass is 286 g/mol. The molecule has 21 heavy (non-hydrogen) atoms. The molecule has 0 amide bonds. The van der Waals surface area contributed by atoms with Gasteiger partial charge in [-0.1, -0.05) is 6.07 Å². The number of methoxy groups -OCH3 is 2. The maximum Gasteiger partial charge on any atom is 0.123 e. The third kappa shape index (κ3) is 3.73. The van der Waals surface area contributed by atoms with E-state index in [0.717, 1.165) is 22.6 Å². The van der Waals surface area contributed by atoms with Gasteiger partial charge in [-0.25, -0.2) is 0 Å². The Morgan fingerprint density at radius 3 is 2.48 bits per heavy atom. The summed E-state index contributed by atoms with van der Waals surface area (Å²) in [5, 5.41) is 3.56. The Morgan fingerprint density at radius 1 is 1.05 bits per heavy atom. The molecule has 2 atom stereocenters. The van der Waals surface area contributed by atoms with Crippen LogP contribution in [0.1, 0.15) is 37.1 Å². The predicted molar refractivity (Wildman–Crippen MR) is 83.7 cm³/mol. The van der Waals surface area contributed by atoms with Crippen molar-refractivity contribution in [2.45, 2.75) is 25.9 Å². The zero-order valence-corrected chi connectivity index (χ0v) is 13.0. The highest BCUT2D eigenvalue weighted by Crippen LogP contribution is 2.30. The van der Waals surface area contributed by atoms with Gasteiger partial charge < -0.3 is 14.8 Å². The van der Waals surface area contributed by atoms with Crippen molar-refractivity contribution in [3.63, 3.8) is 0 Å². The van der Waals surface area contributed by atoms with Crippen LogP contribution in [0.3, 0.4) is 0 Å². The first kappa shape index (κ1) is 15.3. The molecule has 1 N–H and O–H groups in total. The zero-order chi connectivity index (χ0) is 15.2. The molecular formula is C17H22N2O2. The molecule has 2 aromatic rings. The summed E-state index contributed by atoms with van der Waals surface area (Å²) < 4.78 is 10.7. The zero-order valence-electron chi connectivity index (χ0n) is 13.0. The van der Waals surface area contributed by atoms with Gasteiger partial charge in [0.2, 0.25) is 0 Å². The number of hydrogen-bond acceptors (Lipinski definition) is 4. The molecular weight excluding hydrogens is 264 g/mol. The van der Waals surface area contributed by atoms with Crippen LogP contribution in [-0.4, -0.2) is 19.2 Å². The van der Waals surface area contributed by atoms with Gasteiger partial charge in [-0.05, 0) is 43.7 Å². The summed E-state index contributed by atoms with van der Waals surface area (Å²) in [6.07, 6.45) is 3.66. The Balaban J connectivity index is 2.18. The quantitative estimate of drug-likeness (QED) is 0.882. The molecule has 0 aliphatic carbocycles. The van der Waals surface area contributed by atoms with Gasteiger partial charge >= 0.3 is 0 Å². The van der Waals surface area contributed by atoms with E-state index >= 15 is 0 Å². The molecule has 1 heterocycles. The average molecular weight is 286 g/mol. The van der Waals surface area contributed by atoms with Gasteiger partial charge in [0, 0.05) is 30.0 Å². The van der Waals surface area contributed by atoms with E-state index in [9.17, 15) is 0 Å². The largest absolute Gasteiger partial charge is 0.497 e. The van der Waals surface area contributed by atoms with Crippen LogP contribution in [0.15, 0.2) is 42.7 Å². The predicted octanol–water partition coefficient (Wildman–Crippen LogP) is 3.51. The van der Waals surface area contributed by atoms with E-state index in [4.69, 9.17) is 9.47 Å². The number of nitrogens with one attached hydrogen (secondary N) is 1. The van der Waals surface area contributed by atoms with Crippen LogP contribution in [0.2, 0.25) is 0 Å². The maximum absolute atomic E-state index is 5.45. The molecule has 112 valence electrons. The van der Waals surface area contributed by atoms with E-state index in [1.54, 1.807) is 20.4 Å². The van der Waals surface area contributed by atoms with Crippen molar-refractivity contribution in [2.24, 2.45) is 0 Å². The van der Waals surface area contributed by atoms with E-state index in [1.807, 2.05) is 30.5 Å². The first-order chi connectivity index (χ1) is 10.2. The summed E-state index contributed by atoms with van der Waals surface area (Å²) in [6.45, 7) is 4.24. The second-order valence-electron chi connectivity index (χ2n) is 5.00. The van der Waals surface area contributed by atoms with Crippen LogP contribution in [-0.2, 0) is 0 Å². The number of aromatic nitrogens is 1. The lowest BCUT2D eigenvalue weighted by Crippen LogP contribution is -2.23. The van der Waals surface area contributed by atoms with Crippen molar-refractivity contribution >= 4 is 0 Å². The molecule has 0 aliphatic rings. The summed E-state index contributed by atoms with van der Waals surface area (Å²) >= 11 is 0. The van der Waals surface area contributed by atoms with Crippen LogP contribution in [0.25, 0.3) is 0 Å². The first-order valence-corrected chi connectivity index (χ1v) is 7.03. The lowest BCUT2D eigenvalue weighted by Gasteiger charge is -2.22. The van der Waals surface area contributed by atoms with Gasteiger partial charge in [0.15, 0.2) is 0 Å². The Hall–Kier alpha value is -2.07. The molecule has 4 nitrogen and oxygen atoms in total. The smallest absolute Gasteiger partial charge is 0.123 e. The van der Waals surface area contributed by atoms with E-state index in [2.05, 4.69) is 30.2 Å². The van der Waals surface area contributed by atoms with E-state index < -0.39 is 0 Å². The lowest BCUT2D eigenvalue weighted by molar-refractivity contribution is 0.387. The number of pyridine rings is 1. The molecule has 4 heteroatoms. The van der Waals surface area contributed by atoms with Gasteiger partial charge in [-0.15, -0.1) is 0 Å². The third-order valence-electron chi connectivity index (χ3n) is 3.59. The normalized spacial score (nSPS) is 13.5. The summed E-state index contributed by atoms with van der Waals surface area (Å²) in [5.74, 6) is 1.68. The first-order valence-electron chi connectivity index (χ1n) is 7.03. The molecule has 0 aliphatic heterocycles. The second kappa shape index (κ2) is 7.09. The molecule has 0 radical (unpaired) electrons. The topological polar surface area (TPSA) is 43.4 Å². The number of benzene rings is 1. The molecule has 1 aromatic carbocycles. The van der Waals surface area contributed by atoms with Gasteiger partial charge in [0.05, 0.1) is 14.2 Å². The molecule has 0 saturated carbocycles. The molecule has 2 rings (SSSR count). The fourth-order valence-corrected chi connectivity index (χ4v) is 2.37. The average Bonchev–Trinajstić information content (AvgIpc) is 2.54. The minimum atomic E-state index is 0.130. The number of hydrogen-bond donors (Lipinski definition) is 1. The summed E-state index contributed by atoms with van der Waals surface area (Å²) in [7, 11) is 3.35. The standard InChI is InChI=1S/C17H22N2O2/c1-12(14-6-5-9-18-11-14)19-13(2)16-10-15(20-3)7-8-17(16)21-4/h5-13,19H,1-4H3. The van der Waals surface area contributed by atoms with Gasteiger partial charge in [0.25, 0.3) is 0 Å². The highest BCUT2D eigenvalue weighted by Gasteiger charge is 2.15. The van der Waals surface area contributed by atoms with E-state index in [1.165, 1.54) is 0 Å². The Bertz CT molecular complexity index is 572. The maximum atomic E-state index is 5.45. The minimum Gasteiger partial charge on any atom is -0.497 e. The van der Waals surface area contributed by atoms with Crippen LogP contribution in [0, 0.1) is 0 Å². The molecule has 0 fully saturated rings. The van der Waals surface area contributed by atoms with Crippen molar-refractivity contribution < 1.29 is 9.47 Å². The highest BCUT2D eigenvalue weighted by atomic mass is 16.5. The van der Waals surface area contributed by atoms with E-state index in [0.29, 0.717) is 0 Å². The Kier molecular flexibility index (Phi) is 5.17. The van der Waals surface area contributed by atoms with Gasteiger partial charge in [-0.3, -0.25) is 4.98 Å². The van der Waals surface area contributed by atoms with Crippen LogP contribution >= 0.6 is 0 Å². The second-order valence-corrected chi connectivity index (χ2v) is 5.00. The summed E-state index contributed by atoms with van der Waals surface area (Å²) in [6, 6.07) is 10.2. The van der Waals surface area contributed by atoms with Crippen molar-refractivity contribution in [3.8, 4) is 11.5 Å². The number of ether oxygens (including phenoxy) is 2. The van der Waals surface area contributed by atoms with Crippen molar-refractivity contribution in [1.29, 1.82) is 0 Å². The Morgan fingerprint density at radius 2 is 1.86 bits per heavy atom. The van der Waals surface area contributed by atoms with Crippen LogP contribution in [0.4, 0.5) is 0 Å². The number of nitrogens with zero attached hydrogens (tertiary/aromatic N) is 1. The molecule has 0 saturated heterocycles. The molecule has 1 aromatic heterocycles. The highest BCUT2D eigenvalue weighted by molar-refractivity contribution is 5.42. The van der Waals surface area contributed by atoms with Crippen LogP contribution in [0.5, 0.6) is 11.5 Å². The fourth-order valence-electron chi connectivity index (χ4n) is 2.37. The number of rotatable bonds is 6.